The van der Waals surface area contributed by atoms with Gasteiger partial charge in [-0.15, -0.1) is 0 Å². The van der Waals surface area contributed by atoms with Crippen LogP contribution in [0.15, 0.2) is 36.4 Å². The molecule has 0 amide bonds. The monoisotopic (exact) mass is 276 g/mol. The Labute approximate surface area is 113 Å². The van der Waals surface area contributed by atoms with E-state index < -0.39 is 0 Å². The first-order chi connectivity index (χ1) is 6.58. The molecule has 2 rings (SSSR count). The summed E-state index contributed by atoms with van der Waals surface area (Å²) in [6.45, 7) is 8.42. The molecule has 0 nitrogen and oxygen atoms in total. The summed E-state index contributed by atoms with van der Waals surface area (Å²) in [4.78, 5) is 0. The topological polar surface area (TPSA) is 0 Å². The molecule has 3 heteroatoms. The van der Waals surface area contributed by atoms with Crippen molar-refractivity contribution in [3.05, 3.63) is 58.7 Å². The molecule has 0 unspecified atom stereocenters. The van der Waals surface area contributed by atoms with Crippen molar-refractivity contribution in [2.24, 2.45) is 0 Å². The van der Waals surface area contributed by atoms with E-state index in [9.17, 15) is 0 Å². The van der Waals surface area contributed by atoms with E-state index in [4.69, 9.17) is 0 Å². The molecular formula is C14H18CrF2. The molecule has 0 atom stereocenters. The summed E-state index contributed by atoms with van der Waals surface area (Å²) in [7, 11) is 0. The van der Waals surface area contributed by atoms with Crippen LogP contribution in [0.5, 0.6) is 0 Å². The van der Waals surface area contributed by atoms with Gasteiger partial charge < -0.3 is 9.41 Å². The van der Waals surface area contributed by atoms with Crippen LogP contribution in [0.4, 0.5) is 0 Å². The fraction of sp³-hybridized carbons (Fsp3) is 0.286. The fourth-order valence-corrected chi connectivity index (χ4v) is 1.44. The third-order valence-electron chi connectivity index (χ3n) is 2.13. The maximum Gasteiger partial charge on any atom is 4.00 e. The van der Waals surface area contributed by atoms with E-state index in [1.807, 2.05) is 0 Å². The van der Waals surface area contributed by atoms with Crippen molar-refractivity contribution in [2.45, 2.75) is 27.7 Å². The minimum atomic E-state index is 0. The fourth-order valence-electron chi connectivity index (χ4n) is 1.44. The summed E-state index contributed by atoms with van der Waals surface area (Å²) in [5.74, 6) is 0. The van der Waals surface area contributed by atoms with E-state index in [1.54, 1.807) is 0 Å². The summed E-state index contributed by atoms with van der Waals surface area (Å²) < 4.78 is 0. The second kappa shape index (κ2) is 10.3. The number of rotatable bonds is 0. The molecule has 0 radical (unpaired) electrons. The van der Waals surface area contributed by atoms with Gasteiger partial charge in [-0.3, -0.25) is 0 Å². The molecule has 0 spiro atoms. The van der Waals surface area contributed by atoms with E-state index in [1.165, 1.54) is 22.3 Å². The molecule has 2 aromatic rings. The van der Waals surface area contributed by atoms with Crippen molar-refractivity contribution in [3.63, 3.8) is 0 Å². The van der Waals surface area contributed by atoms with E-state index in [2.05, 4.69) is 64.1 Å². The maximum atomic E-state index is 2.17. The van der Waals surface area contributed by atoms with Crippen LogP contribution in [0.2, 0.25) is 0 Å². The van der Waals surface area contributed by atoms with Crippen LogP contribution in [0, 0.1) is 27.7 Å². The molecule has 0 bridgehead atoms. The Bertz CT molecular complexity index is 317. The molecular weight excluding hydrogens is 258 g/mol. The van der Waals surface area contributed by atoms with Crippen LogP contribution in [0.1, 0.15) is 22.3 Å². The van der Waals surface area contributed by atoms with Crippen LogP contribution < -0.4 is 9.41 Å². The van der Waals surface area contributed by atoms with Crippen LogP contribution in [0.25, 0.3) is 0 Å². The normalized spacial score (nSPS) is 7.76. The first-order valence-electron chi connectivity index (χ1n) is 4.98. The van der Waals surface area contributed by atoms with Gasteiger partial charge in [0.2, 0.25) is 0 Å². The van der Waals surface area contributed by atoms with Crippen molar-refractivity contribution in [1.82, 2.24) is 0 Å². The SMILES string of the molecule is Cc1cc[c-](C)c1.Cc1cc[c-](C)c1.[Cr+4].[F-].[F-]. The summed E-state index contributed by atoms with van der Waals surface area (Å²) in [6, 6.07) is 12.8. The molecule has 0 aliphatic rings. The van der Waals surface area contributed by atoms with Crippen molar-refractivity contribution in [1.29, 1.82) is 0 Å². The molecule has 0 aliphatic heterocycles. The number of halogens is 2. The summed E-state index contributed by atoms with van der Waals surface area (Å²) in [6.07, 6.45) is 0. The second-order valence-corrected chi connectivity index (χ2v) is 3.93. The summed E-state index contributed by atoms with van der Waals surface area (Å²) in [5, 5.41) is 0. The van der Waals surface area contributed by atoms with Gasteiger partial charge >= 0.3 is 17.4 Å². The molecule has 0 saturated heterocycles. The van der Waals surface area contributed by atoms with Crippen LogP contribution >= 0.6 is 0 Å². The number of aryl methyl sites for hydroxylation is 4. The molecule has 0 aliphatic carbocycles. The quantitative estimate of drug-likeness (QED) is 0.491. The predicted molar refractivity (Wildman–Crippen MR) is 63.0 cm³/mol. The Balaban J connectivity index is -0.000000196. The molecule has 0 aromatic heterocycles. The van der Waals surface area contributed by atoms with Crippen molar-refractivity contribution in [3.8, 4) is 0 Å². The Kier molecular flexibility index (Phi) is 12.9. The second-order valence-electron chi connectivity index (χ2n) is 3.93. The summed E-state index contributed by atoms with van der Waals surface area (Å²) in [5.41, 5.74) is 5.44. The zero-order valence-corrected chi connectivity index (χ0v) is 11.9. The Hall–Kier alpha value is -0.908. The molecule has 94 valence electrons. The van der Waals surface area contributed by atoms with E-state index in [0.717, 1.165) is 0 Å². The molecule has 0 saturated carbocycles. The van der Waals surface area contributed by atoms with Gasteiger partial charge in [0.05, 0.1) is 0 Å². The minimum absolute atomic E-state index is 0. The van der Waals surface area contributed by atoms with E-state index in [-0.39, 0.29) is 26.8 Å². The van der Waals surface area contributed by atoms with Gasteiger partial charge in [-0.2, -0.15) is 35.4 Å². The van der Waals surface area contributed by atoms with Crippen molar-refractivity contribution < 1.29 is 26.8 Å². The Morgan fingerprint density at radius 2 is 1.06 bits per heavy atom. The minimum Gasteiger partial charge on any atom is -1.00 e. The van der Waals surface area contributed by atoms with E-state index >= 15 is 0 Å². The summed E-state index contributed by atoms with van der Waals surface area (Å²) >= 11 is 0. The average Bonchev–Trinajstić information content (AvgIpc) is 2.63. The van der Waals surface area contributed by atoms with Crippen LogP contribution in [0.3, 0.4) is 0 Å². The van der Waals surface area contributed by atoms with Gasteiger partial charge in [0.15, 0.2) is 0 Å². The van der Waals surface area contributed by atoms with Gasteiger partial charge in [-0.25, -0.2) is 23.3 Å². The standard InChI is InChI=1S/2C7H9.Cr.2FH/c2*1-6-3-4-7(2)5-6;;;/h2*3-5H,1-2H3;;2*1H/q2*-1;+4;;/p-2. The first kappa shape index (κ1) is 21.4. The Morgan fingerprint density at radius 1 is 0.765 bits per heavy atom. The van der Waals surface area contributed by atoms with Crippen LogP contribution in [-0.2, 0) is 17.4 Å². The third-order valence-corrected chi connectivity index (χ3v) is 2.13. The predicted octanol–water partition coefficient (Wildman–Crippen LogP) is -1.95. The van der Waals surface area contributed by atoms with Gasteiger partial charge in [-0.1, -0.05) is 27.7 Å². The zero-order chi connectivity index (χ0) is 10.6. The van der Waals surface area contributed by atoms with Crippen molar-refractivity contribution in [2.75, 3.05) is 0 Å². The zero-order valence-electron chi connectivity index (χ0n) is 10.6. The molecule has 0 heterocycles. The number of hydrogen-bond donors (Lipinski definition) is 0. The molecule has 0 N–H and O–H groups in total. The molecule has 2 aromatic carbocycles. The first-order valence-corrected chi connectivity index (χ1v) is 4.98. The number of hydrogen-bond acceptors (Lipinski definition) is 0. The van der Waals surface area contributed by atoms with Crippen LogP contribution in [-0.4, -0.2) is 0 Å². The van der Waals surface area contributed by atoms with Gasteiger partial charge in [0.25, 0.3) is 0 Å². The van der Waals surface area contributed by atoms with Gasteiger partial charge in [-0.05, 0) is 0 Å². The maximum absolute atomic E-state index is 2.17. The smallest absolute Gasteiger partial charge is 1.00 e. The van der Waals surface area contributed by atoms with E-state index in [0.29, 0.717) is 0 Å². The largest absolute Gasteiger partial charge is 4.00 e. The molecule has 0 fully saturated rings. The van der Waals surface area contributed by atoms with Gasteiger partial charge in [0.1, 0.15) is 0 Å². The molecule has 17 heavy (non-hydrogen) atoms. The van der Waals surface area contributed by atoms with Crippen molar-refractivity contribution >= 4 is 0 Å². The Morgan fingerprint density at radius 3 is 1.12 bits per heavy atom. The average molecular weight is 276 g/mol. The van der Waals surface area contributed by atoms with Gasteiger partial charge in [0, 0.05) is 0 Å². The third kappa shape index (κ3) is 8.86.